The zero-order valence-electron chi connectivity index (χ0n) is 8.35. The maximum absolute atomic E-state index is 11.9. The predicted molar refractivity (Wildman–Crippen MR) is 66.7 cm³/mol. The Bertz CT molecular complexity index is 508. The lowest BCUT2D eigenvalue weighted by Crippen LogP contribution is -2.22. The van der Waals surface area contributed by atoms with Crippen molar-refractivity contribution in [3.8, 4) is 0 Å². The van der Waals surface area contributed by atoms with E-state index in [0.717, 1.165) is 4.47 Å². The van der Waals surface area contributed by atoms with Gasteiger partial charge < -0.3 is 5.73 Å². The lowest BCUT2D eigenvalue weighted by atomic mass is 10.2. The van der Waals surface area contributed by atoms with Crippen LogP contribution in [-0.2, 0) is 0 Å². The Morgan fingerprint density at radius 1 is 1.31 bits per heavy atom. The van der Waals surface area contributed by atoms with E-state index in [1.165, 1.54) is 0 Å². The van der Waals surface area contributed by atoms with Crippen molar-refractivity contribution in [1.29, 1.82) is 0 Å². The molecular weight excluding hydrogens is 270 g/mol. The topological polar surface area (TPSA) is 60.1 Å². The van der Waals surface area contributed by atoms with Crippen molar-refractivity contribution in [3.63, 3.8) is 0 Å². The minimum atomic E-state index is -0.241. The molecule has 0 saturated heterocycles. The number of carbonyl (C=O) groups is 1. The van der Waals surface area contributed by atoms with Crippen LogP contribution >= 0.6 is 15.9 Å². The first-order valence-corrected chi connectivity index (χ1v) is 5.45. The van der Waals surface area contributed by atoms with Gasteiger partial charge in [-0.2, -0.15) is 0 Å². The Labute approximate surface area is 101 Å². The number of anilines is 1. The van der Waals surface area contributed by atoms with Gasteiger partial charge in [0.15, 0.2) is 0 Å². The Morgan fingerprint density at radius 3 is 2.69 bits per heavy atom. The SMILES string of the molecule is Nc1ccc(Br)cc1C(=O)Nn1cccc1. The third kappa shape index (κ3) is 2.25. The van der Waals surface area contributed by atoms with Crippen molar-refractivity contribution < 1.29 is 4.79 Å². The summed E-state index contributed by atoms with van der Waals surface area (Å²) in [6.45, 7) is 0. The van der Waals surface area contributed by atoms with Crippen LogP contribution in [0.15, 0.2) is 47.2 Å². The van der Waals surface area contributed by atoms with Crippen molar-refractivity contribution in [2.45, 2.75) is 0 Å². The highest BCUT2D eigenvalue weighted by atomic mass is 79.9. The van der Waals surface area contributed by atoms with Gasteiger partial charge in [0.25, 0.3) is 5.91 Å². The molecule has 0 aliphatic heterocycles. The second-order valence-corrected chi connectivity index (χ2v) is 4.18. The molecule has 0 saturated carbocycles. The van der Waals surface area contributed by atoms with E-state index in [9.17, 15) is 4.79 Å². The van der Waals surface area contributed by atoms with Gasteiger partial charge in [0.05, 0.1) is 5.56 Å². The number of nitrogen functional groups attached to an aromatic ring is 1. The predicted octanol–water partition coefficient (Wildman–Crippen LogP) is 2.22. The molecule has 16 heavy (non-hydrogen) atoms. The molecule has 0 fully saturated rings. The molecule has 0 aliphatic rings. The Hall–Kier alpha value is -1.75. The summed E-state index contributed by atoms with van der Waals surface area (Å²) in [6, 6.07) is 8.82. The number of amides is 1. The van der Waals surface area contributed by atoms with Gasteiger partial charge in [-0.25, -0.2) is 0 Å². The van der Waals surface area contributed by atoms with Crippen LogP contribution in [-0.4, -0.2) is 10.6 Å². The van der Waals surface area contributed by atoms with Gasteiger partial charge in [0.1, 0.15) is 0 Å². The Morgan fingerprint density at radius 2 is 2.00 bits per heavy atom. The van der Waals surface area contributed by atoms with Crippen molar-refractivity contribution >= 4 is 27.5 Å². The highest BCUT2D eigenvalue weighted by molar-refractivity contribution is 9.10. The number of rotatable bonds is 2. The summed E-state index contributed by atoms with van der Waals surface area (Å²) in [6.07, 6.45) is 3.48. The molecule has 1 aromatic carbocycles. The van der Waals surface area contributed by atoms with Crippen molar-refractivity contribution in [2.24, 2.45) is 0 Å². The number of aromatic nitrogens is 1. The zero-order chi connectivity index (χ0) is 11.5. The highest BCUT2D eigenvalue weighted by Gasteiger charge is 2.09. The molecular formula is C11H10BrN3O. The van der Waals surface area contributed by atoms with Gasteiger partial charge in [0.2, 0.25) is 0 Å². The normalized spacial score (nSPS) is 10.1. The average molecular weight is 280 g/mol. The molecule has 0 spiro atoms. The fourth-order valence-corrected chi connectivity index (χ4v) is 1.67. The summed E-state index contributed by atoms with van der Waals surface area (Å²) < 4.78 is 2.39. The largest absolute Gasteiger partial charge is 0.398 e. The molecule has 82 valence electrons. The van der Waals surface area contributed by atoms with Gasteiger partial charge in [-0.3, -0.25) is 14.9 Å². The molecule has 1 aromatic heterocycles. The molecule has 3 N–H and O–H groups in total. The minimum Gasteiger partial charge on any atom is -0.398 e. The lowest BCUT2D eigenvalue weighted by Gasteiger charge is -2.08. The monoisotopic (exact) mass is 279 g/mol. The van der Waals surface area contributed by atoms with Gasteiger partial charge in [-0.1, -0.05) is 15.9 Å². The molecule has 0 radical (unpaired) electrons. The minimum absolute atomic E-state index is 0.241. The van der Waals surface area contributed by atoms with E-state index in [-0.39, 0.29) is 5.91 Å². The Kier molecular flexibility index (Phi) is 2.96. The number of benzene rings is 1. The standard InChI is InChI=1S/C11H10BrN3O/c12-8-3-4-10(13)9(7-8)11(16)14-15-5-1-2-6-15/h1-7H,13H2,(H,14,16). The number of nitrogens with two attached hydrogens (primary N) is 1. The Balaban J connectivity index is 2.24. The summed E-state index contributed by atoms with van der Waals surface area (Å²) >= 11 is 3.30. The van der Waals surface area contributed by atoms with Gasteiger partial charge in [0, 0.05) is 22.6 Å². The van der Waals surface area contributed by atoms with Crippen molar-refractivity contribution in [2.75, 3.05) is 11.2 Å². The fourth-order valence-electron chi connectivity index (χ4n) is 1.31. The number of carbonyl (C=O) groups excluding carboxylic acids is 1. The number of hydrogen-bond acceptors (Lipinski definition) is 2. The van der Waals surface area contributed by atoms with Crippen molar-refractivity contribution in [1.82, 2.24) is 4.68 Å². The molecule has 2 rings (SSSR count). The second kappa shape index (κ2) is 4.40. The van der Waals surface area contributed by atoms with Crippen LogP contribution in [0.25, 0.3) is 0 Å². The third-order valence-electron chi connectivity index (χ3n) is 2.10. The van der Waals surface area contributed by atoms with Gasteiger partial charge in [-0.05, 0) is 30.3 Å². The van der Waals surface area contributed by atoms with E-state index >= 15 is 0 Å². The highest BCUT2D eigenvalue weighted by Crippen LogP contribution is 2.18. The quantitative estimate of drug-likeness (QED) is 0.829. The van der Waals surface area contributed by atoms with Gasteiger partial charge >= 0.3 is 0 Å². The molecule has 0 aliphatic carbocycles. The van der Waals surface area contributed by atoms with Crippen LogP contribution in [0.2, 0.25) is 0 Å². The summed E-state index contributed by atoms with van der Waals surface area (Å²) in [4.78, 5) is 11.9. The maximum atomic E-state index is 11.9. The maximum Gasteiger partial charge on any atom is 0.272 e. The molecule has 0 atom stereocenters. The fraction of sp³-hybridized carbons (Fsp3) is 0. The molecule has 1 heterocycles. The molecule has 1 amide bonds. The lowest BCUT2D eigenvalue weighted by molar-refractivity contribution is 0.101. The van der Waals surface area contributed by atoms with Crippen LogP contribution in [0, 0.1) is 0 Å². The summed E-state index contributed by atoms with van der Waals surface area (Å²) in [5, 5.41) is 0. The summed E-state index contributed by atoms with van der Waals surface area (Å²) in [5.74, 6) is -0.241. The molecule has 2 aromatic rings. The number of nitrogens with zero attached hydrogens (tertiary/aromatic N) is 1. The molecule has 0 unspecified atom stereocenters. The molecule has 5 heteroatoms. The van der Waals surface area contributed by atoms with Crippen molar-refractivity contribution in [3.05, 3.63) is 52.8 Å². The van der Waals surface area contributed by atoms with E-state index < -0.39 is 0 Å². The number of halogens is 1. The molecule has 0 bridgehead atoms. The summed E-state index contributed by atoms with van der Waals surface area (Å²) in [5.41, 5.74) is 9.31. The van der Waals surface area contributed by atoms with Crippen LogP contribution in [0.5, 0.6) is 0 Å². The van der Waals surface area contributed by atoms with Crippen LogP contribution < -0.4 is 11.2 Å². The summed E-state index contributed by atoms with van der Waals surface area (Å²) in [7, 11) is 0. The zero-order valence-corrected chi connectivity index (χ0v) is 9.94. The van der Waals surface area contributed by atoms with Crippen LogP contribution in [0.3, 0.4) is 0 Å². The van der Waals surface area contributed by atoms with Gasteiger partial charge in [-0.15, -0.1) is 0 Å². The van der Waals surface area contributed by atoms with Crippen LogP contribution in [0.4, 0.5) is 5.69 Å². The second-order valence-electron chi connectivity index (χ2n) is 3.26. The first-order valence-electron chi connectivity index (χ1n) is 4.66. The average Bonchev–Trinajstić information content (AvgIpc) is 2.74. The van der Waals surface area contributed by atoms with E-state index in [4.69, 9.17) is 5.73 Å². The van der Waals surface area contributed by atoms with E-state index in [1.807, 2.05) is 12.1 Å². The van der Waals surface area contributed by atoms with E-state index in [0.29, 0.717) is 11.3 Å². The van der Waals surface area contributed by atoms with Crippen LogP contribution in [0.1, 0.15) is 10.4 Å². The first kappa shape index (κ1) is 10.8. The van der Waals surface area contributed by atoms with E-state index in [2.05, 4.69) is 21.4 Å². The number of hydrogen-bond donors (Lipinski definition) is 2. The first-order chi connectivity index (χ1) is 7.66. The van der Waals surface area contributed by atoms with E-state index in [1.54, 1.807) is 35.3 Å². The molecule has 4 nitrogen and oxygen atoms in total. The number of nitrogens with one attached hydrogen (secondary N) is 1. The smallest absolute Gasteiger partial charge is 0.272 e. The third-order valence-corrected chi connectivity index (χ3v) is 2.59.